The molecule has 1 N–H and O–H groups in total. The van der Waals surface area contributed by atoms with E-state index in [1.807, 2.05) is 0 Å². The van der Waals surface area contributed by atoms with E-state index in [2.05, 4.69) is 36.3 Å². The molecule has 0 saturated heterocycles. The lowest BCUT2D eigenvalue weighted by molar-refractivity contribution is 0.128. The minimum absolute atomic E-state index is 0.341. The summed E-state index contributed by atoms with van der Waals surface area (Å²) in [5.41, 5.74) is 0. The molecule has 1 aromatic heterocycles. The third kappa shape index (κ3) is 5.07. The van der Waals surface area contributed by atoms with Gasteiger partial charge in [0.1, 0.15) is 11.1 Å². The third-order valence-corrected chi connectivity index (χ3v) is 4.25. The highest BCUT2D eigenvalue weighted by atomic mass is 32.1. The largest absolute Gasteiger partial charge is 0.466 e. The molecule has 5 heteroatoms. The van der Waals surface area contributed by atoms with Crippen LogP contribution in [0.5, 0.6) is 5.19 Å². The second-order valence-electron chi connectivity index (χ2n) is 6.00. The minimum atomic E-state index is 0.341. The maximum atomic E-state index is 5.95. The van der Waals surface area contributed by atoms with E-state index >= 15 is 0 Å². The Labute approximate surface area is 120 Å². The molecule has 1 aliphatic carbocycles. The SMILES string of the molecule is CC(C)CNCc1nnc(OC2CCCC(C)C2)s1. The Bertz CT molecular complexity index is 381. The summed E-state index contributed by atoms with van der Waals surface area (Å²) >= 11 is 1.57. The van der Waals surface area contributed by atoms with Gasteiger partial charge in [-0.15, -0.1) is 5.10 Å². The Kier molecular flexibility index (Phi) is 5.58. The fourth-order valence-corrected chi connectivity index (χ4v) is 3.18. The predicted octanol–water partition coefficient (Wildman–Crippen LogP) is 3.24. The van der Waals surface area contributed by atoms with E-state index in [9.17, 15) is 0 Å². The molecule has 4 nitrogen and oxygen atoms in total. The van der Waals surface area contributed by atoms with Crippen molar-refractivity contribution >= 4 is 11.3 Å². The molecule has 1 fully saturated rings. The van der Waals surface area contributed by atoms with Gasteiger partial charge < -0.3 is 10.1 Å². The van der Waals surface area contributed by atoms with Crippen LogP contribution in [0.1, 0.15) is 51.5 Å². The first-order valence-corrected chi connectivity index (χ1v) is 8.15. The van der Waals surface area contributed by atoms with Crippen molar-refractivity contribution in [2.75, 3.05) is 6.54 Å². The molecular formula is C14H25N3OS. The first-order chi connectivity index (χ1) is 9.13. The van der Waals surface area contributed by atoms with Crippen molar-refractivity contribution in [3.05, 3.63) is 5.01 Å². The minimum Gasteiger partial charge on any atom is -0.466 e. The van der Waals surface area contributed by atoms with Crippen LogP contribution in [0.3, 0.4) is 0 Å². The molecule has 1 aromatic rings. The van der Waals surface area contributed by atoms with Gasteiger partial charge in [0, 0.05) is 6.54 Å². The molecule has 2 unspecified atom stereocenters. The van der Waals surface area contributed by atoms with E-state index in [0.717, 1.165) is 42.1 Å². The summed E-state index contributed by atoms with van der Waals surface area (Å²) in [5, 5.41) is 13.4. The van der Waals surface area contributed by atoms with Gasteiger partial charge in [-0.05, 0) is 37.6 Å². The van der Waals surface area contributed by atoms with Crippen LogP contribution in [0.25, 0.3) is 0 Å². The summed E-state index contributed by atoms with van der Waals surface area (Å²) in [4.78, 5) is 0. The highest BCUT2D eigenvalue weighted by molar-refractivity contribution is 7.13. The van der Waals surface area contributed by atoms with Crippen LogP contribution in [-0.2, 0) is 6.54 Å². The third-order valence-electron chi connectivity index (χ3n) is 3.43. The average molecular weight is 283 g/mol. The van der Waals surface area contributed by atoms with Crippen LogP contribution in [0, 0.1) is 11.8 Å². The lowest BCUT2D eigenvalue weighted by atomic mass is 9.89. The first kappa shape index (κ1) is 14.7. The summed E-state index contributed by atoms with van der Waals surface area (Å²) in [7, 11) is 0. The van der Waals surface area contributed by atoms with E-state index in [4.69, 9.17) is 4.74 Å². The summed E-state index contributed by atoms with van der Waals surface area (Å²) in [6, 6.07) is 0. The van der Waals surface area contributed by atoms with Gasteiger partial charge in [0.2, 0.25) is 0 Å². The standard InChI is InChI=1S/C14H25N3OS/c1-10(2)8-15-9-13-16-17-14(19-13)18-12-6-4-5-11(3)7-12/h10-12,15H,4-9H2,1-3H3. The van der Waals surface area contributed by atoms with Crippen LogP contribution in [0.15, 0.2) is 0 Å². The molecule has 19 heavy (non-hydrogen) atoms. The summed E-state index contributed by atoms with van der Waals surface area (Å²) < 4.78 is 5.95. The number of nitrogens with one attached hydrogen (secondary N) is 1. The summed E-state index contributed by atoms with van der Waals surface area (Å²) in [6.07, 6.45) is 5.26. The van der Waals surface area contributed by atoms with E-state index in [-0.39, 0.29) is 0 Å². The summed E-state index contributed by atoms with van der Waals surface area (Å²) in [6.45, 7) is 8.50. The van der Waals surface area contributed by atoms with Crippen molar-refractivity contribution < 1.29 is 4.74 Å². The van der Waals surface area contributed by atoms with E-state index in [1.165, 1.54) is 12.8 Å². The maximum absolute atomic E-state index is 5.95. The molecule has 2 rings (SSSR count). The number of ether oxygens (including phenoxy) is 1. The number of aromatic nitrogens is 2. The van der Waals surface area contributed by atoms with E-state index < -0.39 is 0 Å². The first-order valence-electron chi connectivity index (χ1n) is 7.33. The van der Waals surface area contributed by atoms with Gasteiger partial charge in [-0.3, -0.25) is 0 Å². The summed E-state index contributed by atoms with van der Waals surface area (Å²) in [5.74, 6) is 1.44. The Morgan fingerprint density at radius 2 is 2.21 bits per heavy atom. The fourth-order valence-electron chi connectivity index (χ4n) is 2.45. The van der Waals surface area contributed by atoms with Gasteiger partial charge in [-0.2, -0.15) is 0 Å². The second kappa shape index (κ2) is 7.20. The number of hydrogen-bond acceptors (Lipinski definition) is 5. The monoisotopic (exact) mass is 283 g/mol. The van der Waals surface area contributed by atoms with Crippen molar-refractivity contribution in [3.63, 3.8) is 0 Å². The Balaban J connectivity index is 1.77. The highest BCUT2D eigenvalue weighted by Gasteiger charge is 2.21. The number of nitrogens with zero attached hydrogens (tertiary/aromatic N) is 2. The molecule has 0 radical (unpaired) electrons. The zero-order chi connectivity index (χ0) is 13.7. The molecule has 1 heterocycles. The molecule has 1 aliphatic rings. The van der Waals surface area contributed by atoms with E-state index in [0.29, 0.717) is 12.0 Å². The van der Waals surface area contributed by atoms with Gasteiger partial charge >= 0.3 is 0 Å². The van der Waals surface area contributed by atoms with Gasteiger partial charge in [0.15, 0.2) is 0 Å². The molecule has 0 aliphatic heterocycles. The highest BCUT2D eigenvalue weighted by Crippen LogP contribution is 2.28. The normalized spacial score (nSPS) is 23.8. The molecule has 0 amide bonds. The van der Waals surface area contributed by atoms with Gasteiger partial charge in [0.05, 0.1) is 0 Å². The van der Waals surface area contributed by atoms with E-state index in [1.54, 1.807) is 11.3 Å². The quantitative estimate of drug-likeness (QED) is 0.870. The average Bonchev–Trinajstić information content (AvgIpc) is 2.76. The molecule has 0 aromatic carbocycles. The fraction of sp³-hybridized carbons (Fsp3) is 0.857. The van der Waals surface area contributed by atoms with Gasteiger partial charge in [-0.25, -0.2) is 0 Å². The molecule has 1 saturated carbocycles. The zero-order valence-corrected chi connectivity index (χ0v) is 13.0. The van der Waals surface area contributed by atoms with Crippen molar-refractivity contribution in [1.29, 1.82) is 0 Å². The van der Waals surface area contributed by atoms with Crippen molar-refractivity contribution in [3.8, 4) is 5.19 Å². The number of hydrogen-bond donors (Lipinski definition) is 1. The maximum Gasteiger partial charge on any atom is 0.294 e. The molecule has 108 valence electrons. The smallest absolute Gasteiger partial charge is 0.294 e. The molecular weight excluding hydrogens is 258 g/mol. The zero-order valence-electron chi connectivity index (χ0n) is 12.2. The van der Waals surface area contributed by atoms with Crippen LogP contribution in [0.2, 0.25) is 0 Å². The van der Waals surface area contributed by atoms with Crippen LogP contribution in [-0.4, -0.2) is 22.8 Å². The van der Waals surface area contributed by atoms with Crippen molar-refractivity contribution in [2.24, 2.45) is 11.8 Å². The van der Waals surface area contributed by atoms with Crippen LogP contribution >= 0.6 is 11.3 Å². The van der Waals surface area contributed by atoms with Crippen LogP contribution in [0.4, 0.5) is 0 Å². The van der Waals surface area contributed by atoms with Gasteiger partial charge in [-0.1, -0.05) is 43.6 Å². The lowest BCUT2D eigenvalue weighted by Gasteiger charge is -2.25. The number of rotatable bonds is 6. The second-order valence-corrected chi connectivity index (χ2v) is 7.02. The lowest BCUT2D eigenvalue weighted by Crippen LogP contribution is -2.23. The Hall–Kier alpha value is -0.680. The predicted molar refractivity (Wildman–Crippen MR) is 78.5 cm³/mol. The topological polar surface area (TPSA) is 47.0 Å². The van der Waals surface area contributed by atoms with Crippen LogP contribution < -0.4 is 10.1 Å². The molecule has 2 atom stereocenters. The molecule has 0 bridgehead atoms. The van der Waals surface area contributed by atoms with Crippen molar-refractivity contribution in [1.82, 2.24) is 15.5 Å². The van der Waals surface area contributed by atoms with Gasteiger partial charge in [0.25, 0.3) is 5.19 Å². The Morgan fingerprint density at radius 1 is 1.37 bits per heavy atom. The Morgan fingerprint density at radius 3 is 2.95 bits per heavy atom. The van der Waals surface area contributed by atoms with Crippen molar-refractivity contribution in [2.45, 2.75) is 59.1 Å². The molecule has 0 spiro atoms.